The van der Waals surface area contributed by atoms with E-state index in [1.165, 1.54) is 12.1 Å². The number of aryl methyl sites for hydroxylation is 1. The second-order valence-electron chi connectivity index (χ2n) is 14.7. The van der Waals surface area contributed by atoms with Crippen LogP contribution in [0.4, 0.5) is 4.79 Å². The van der Waals surface area contributed by atoms with Gasteiger partial charge in [0.1, 0.15) is 11.5 Å². The minimum atomic E-state index is -1.01. The van der Waals surface area contributed by atoms with E-state index in [0.29, 0.717) is 35.5 Å². The van der Waals surface area contributed by atoms with Crippen LogP contribution in [0.25, 0.3) is 10.9 Å². The Morgan fingerprint density at radius 1 is 0.962 bits per heavy atom. The van der Waals surface area contributed by atoms with Crippen molar-refractivity contribution in [1.82, 2.24) is 20.5 Å². The summed E-state index contributed by atoms with van der Waals surface area (Å²) in [5, 5.41) is 38.1. The number of aromatic nitrogens is 1. The van der Waals surface area contributed by atoms with E-state index in [1.54, 1.807) is 12.1 Å². The van der Waals surface area contributed by atoms with Gasteiger partial charge in [-0.1, -0.05) is 74.6 Å². The van der Waals surface area contributed by atoms with Crippen molar-refractivity contribution < 1.29 is 24.9 Å². The van der Waals surface area contributed by atoms with Gasteiger partial charge in [0, 0.05) is 30.5 Å². The minimum absolute atomic E-state index is 0.0125. The zero-order valence-corrected chi connectivity index (χ0v) is 30.3. The van der Waals surface area contributed by atoms with Crippen LogP contribution in [0.2, 0.25) is 0 Å². The predicted octanol–water partition coefficient (Wildman–Crippen LogP) is 6.83. The average molecular weight is 711 g/mol. The molecule has 3 fully saturated rings. The summed E-state index contributed by atoms with van der Waals surface area (Å²) >= 11 is 0. The molecule has 1 aromatic heterocycles. The number of aromatic hydroxyl groups is 1. The van der Waals surface area contributed by atoms with E-state index >= 15 is 0 Å². The maximum atomic E-state index is 12.5. The number of fused-ring (bicyclic) bond motifs is 4. The number of hydrogen-bond donors (Lipinski definition) is 6. The highest BCUT2D eigenvalue weighted by atomic mass is 16.5. The Balaban J connectivity index is 0.939. The van der Waals surface area contributed by atoms with E-state index in [0.717, 1.165) is 106 Å². The third kappa shape index (κ3) is 8.62. The standard InChI is InChI=1S/C42H54N4O6/c1-29-12-7-8-15-35(29)42(45-41(50)51,36-28-46-23-20-30(36)21-24-46)31-13-11-14-32(26-31)52-25-10-6-4-2-3-5-9-22-43-27-38(48)33-16-18-37(47)40-34(33)17-19-39(49)44-40/h7-8,11-19,26,30,36,38,43,45,47-48H,2-6,9-10,20-25,27-28H2,1H3,(H,44,49)(H,50,51)/t36-,38-,42?/m0/s1. The summed E-state index contributed by atoms with van der Waals surface area (Å²) in [6.07, 6.45) is 8.05. The molecule has 0 aliphatic carbocycles. The summed E-state index contributed by atoms with van der Waals surface area (Å²) in [4.78, 5) is 29.3. The molecule has 0 saturated carbocycles. The lowest BCUT2D eigenvalue weighted by Crippen LogP contribution is -2.61. The van der Waals surface area contributed by atoms with Gasteiger partial charge in [-0.15, -0.1) is 0 Å². The summed E-state index contributed by atoms with van der Waals surface area (Å²) in [5.41, 5.74) is 2.88. The summed E-state index contributed by atoms with van der Waals surface area (Å²) in [6.45, 7) is 6.92. The molecule has 1 amide bonds. The van der Waals surface area contributed by atoms with Crippen LogP contribution in [0.1, 0.15) is 86.1 Å². The number of piperidine rings is 3. The molecule has 3 saturated heterocycles. The fourth-order valence-corrected chi connectivity index (χ4v) is 8.60. The lowest BCUT2D eigenvalue weighted by atomic mass is 9.62. The molecule has 3 aliphatic rings. The number of hydrogen-bond acceptors (Lipinski definition) is 7. The van der Waals surface area contributed by atoms with Crippen molar-refractivity contribution in [2.45, 2.75) is 76.4 Å². The van der Waals surface area contributed by atoms with Crippen molar-refractivity contribution in [2.75, 3.05) is 39.3 Å². The van der Waals surface area contributed by atoms with Gasteiger partial charge < -0.3 is 40.6 Å². The number of pyridine rings is 1. The molecule has 2 bridgehead atoms. The molecular weight excluding hydrogens is 656 g/mol. The monoisotopic (exact) mass is 710 g/mol. The maximum Gasteiger partial charge on any atom is 0.405 e. The number of amides is 1. The molecule has 6 N–H and O–H groups in total. The van der Waals surface area contributed by atoms with Crippen LogP contribution in [-0.4, -0.2) is 70.6 Å². The van der Waals surface area contributed by atoms with Gasteiger partial charge in [-0.25, -0.2) is 4.79 Å². The lowest BCUT2D eigenvalue weighted by Gasteiger charge is -2.53. The molecule has 0 spiro atoms. The van der Waals surface area contributed by atoms with Gasteiger partial charge in [0.2, 0.25) is 5.56 Å². The Morgan fingerprint density at radius 3 is 2.44 bits per heavy atom. The second-order valence-corrected chi connectivity index (χ2v) is 14.7. The zero-order chi connectivity index (χ0) is 36.5. The lowest BCUT2D eigenvalue weighted by molar-refractivity contribution is 0.00700. The molecule has 4 aromatic rings. The number of H-pyrrole nitrogens is 1. The number of phenolic OH excluding ortho intramolecular Hbond substituents is 1. The number of benzene rings is 3. The Morgan fingerprint density at radius 2 is 1.71 bits per heavy atom. The number of aliphatic hydroxyl groups is 1. The zero-order valence-electron chi connectivity index (χ0n) is 30.3. The summed E-state index contributed by atoms with van der Waals surface area (Å²) in [5.74, 6) is 1.32. The predicted molar refractivity (Wildman–Crippen MR) is 204 cm³/mol. The van der Waals surface area contributed by atoms with Crippen molar-refractivity contribution in [3.63, 3.8) is 0 Å². The number of aromatic amines is 1. The maximum absolute atomic E-state index is 12.5. The van der Waals surface area contributed by atoms with Crippen LogP contribution in [-0.2, 0) is 5.54 Å². The topological polar surface area (TPSA) is 147 Å². The smallest absolute Gasteiger partial charge is 0.405 e. The first-order valence-corrected chi connectivity index (χ1v) is 19.0. The number of phenols is 1. The third-order valence-corrected chi connectivity index (χ3v) is 11.2. The number of carbonyl (C=O) groups is 1. The molecule has 3 aromatic carbocycles. The molecule has 10 heteroatoms. The first-order chi connectivity index (χ1) is 25.3. The van der Waals surface area contributed by atoms with Crippen molar-refractivity contribution in [3.05, 3.63) is 105 Å². The molecule has 10 nitrogen and oxygen atoms in total. The summed E-state index contributed by atoms with van der Waals surface area (Å²) < 4.78 is 6.28. The normalized spacial score (nSPS) is 20.0. The molecule has 1 unspecified atom stereocenters. The van der Waals surface area contributed by atoms with Crippen molar-refractivity contribution in [2.24, 2.45) is 11.8 Å². The van der Waals surface area contributed by atoms with Crippen molar-refractivity contribution in [1.29, 1.82) is 0 Å². The van der Waals surface area contributed by atoms with Crippen LogP contribution in [0, 0.1) is 18.8 Å². The number of carboxylic acid groups (broad SMARTS) is 1. The van der Waals surface area contributed by atoms with Crippen LogP contribution in [0.3, 0.4) is 0 Å². The van der Waals surface area contributed by atoms with Crippen LogP contribution >= 0.6 is 0 Å². The molecule has 7 rings (SSSR count). The Hall–Kier alpha value is -4.38. The summed E-state index contributed by atoms with van der Waals surface area (Å²) in [7, 11) is 0. The minimum Gasteiger partial charge on any atom is -0.506 e. The molecule has 4 heterocycles. The number of ether oxygens (including phenoxy) is 1. The second kappa shape index (κ2) is 17.4. The van der Waals surface area contributed by atoms with Crippen LogP contribution in [0.15, 0.2) is 77.6 Å². The van der Waals surface area contributed by atoms with E-state index in [-0.39, 0.29) is 17.2 Å². The van der Waals surface area contributed by atoms with E-state index in [4.69, 9.17) is 4.74 Å². The highest BCUT2D eigenvalue weighted by Gasteiger charge is 2.51. The van der Waals surface area contributed by atoms with E-state index < -0.39 is 17.7 Å². The molecule has 0 radical (unpaired) electrons. The quantitative estimate of drug-likeness (QED) is 0.0617. The molecular formula is C42H54N4O6. The highest BCUT2D eigenvalue weighted by molar-refractivity contribution is 5.87. The van der Waals surface area contributed by atoms with Crippen LogP contribution < -0.4 is 20.9 Å². The van der Waals surface area contributed by atoms with Gasteiger partial charge in [0.15, 0.2) is 0 Å². The van der Waals surface area contributed by atoms with Crippen molar-refractivity contribution in [3.8, 4) is 11.5 Å². The largest absolute Gasteiger partial charge is 0.506 e. The highest BCUT2D eigenvalue weighted by Crippen LogP contribution is 2.48. The van der Waals surface area contributed by atoms with E-state index in [9.17, 15) is 24.9 Å². The van der Waals surface area contributed by atoms with Gasteiger partial charge in [-0.2, -0.15) is 0 Å². The Bertz CT molecular complexity index is 1850. The first-order valence-electron chi connectivity index (χ1n) is 19.0. The first kappa shape index (κ1) is 37.4. The molecule has 52 heavy (non-hydrogen) atoms. The van der Waals surface area contributed by atoms with Gasteiger partial charge in [0.05, 0.1) is 23.8 Å². The Labute approximate surface area is 306 Å². The molecule has 278 valence electrons. The van der Waals surface area contributed by atoms with Gasteiger partial charge >= 0.3 is 6.09 Å². The summed E-state index contributed by atoms with van der Waals surface area (Å²) in [6, 6.07) is 22.5. The average Bonchev–Trinajstić information content (AvgIpc) is 3.15. The number of nitrogens with zero attached hydrogens (tertiary/aromatic N) is 1. The van der Waals surface area contributed by atoms with Gasteiger partial charge in [0.25, 0.3) is 0 Å². The SMILES string of the molecule is Cc1ccccc1C(NC(=O)O)(c1cccc(OCCCCCCCCCNC[C@H](O)c2ccc(O)c3[nH]c(=O)ccc23)c1)[C@H]1CN2CCC1CC2. The van der Waals surface area contributed by atoms with Crippen molar-refractivity contribution >= 4 is 17.0 Å². The third-order valence-electron chi connectivity index (χ3n) is 11.2. The van der Waals surface area contributed by atoms with Gasteiger partial charge in [-0.05, 0) is 105 Å². The number of aliphatic hydroxyl groups excluding tert-OH is 1. The van der Waals surface area contributed by atoms with E-state index in [1.807, 2.05) is 24.3 Å². The van der Waals surface area contributed by atoms with Crippen LogP contribution in [0.5, 0.6) is 11.5 Å². The fraction of sp³-hybridized carbons (Fsp3) is 0.476. The molecule has 3 atom stereocenters. The fourth-order valence-electron chi connectivity index (χ4n) is 8.60. The van der Waals surface area contributed by atoms with Gasteiger partial charge in [-0.3, -0.25) is 4.79 Å². The Kier molecular flexibility index (Phi) is 12.5. The molecule has 3 aliphatic heterocycles. The number of unbranched alkanes of at least 4 members (excludes halogenated alkanes) is 6. The number of nitrogens with one attached hydrogen (secondary N) is 3. The number of rotatable bonds is 18. The van der Waals surface area contributed by atoms with E-state index in [2.05, 4.69) is 51.7 Å².